The summed E-state index contributed by atoms with van der Waals surface area (Å²) in [6, 6.07) is 0. The van der Waals surface area contributed by atoms with Gasteiger partial charge in [0.25, 0.3) is 6.47 Å². The normalized spacial score (nSPS) is 17.0. The van der Waals surface area contributed by atoms with Gasteiger partial charge in [-0.3, -0.25) is 9.59 Å². The molecule has 3 N–H and O–H groups in total. The number of ether oxygens (including phenoxy) is 1. The Hall–Kier alpha value is -2.00. The smallest absolute Gasteiger partial charge is 0.404 e. The molecule has 1 heterocycles. The van der Waals surface area contributed by atoms with Gasteiger partial charge >= 0.3 is 12.3 Å². The van der Waals surface area contributed by atoms with Crippen molar-refractivity contribution >= 4 is 18.5 Å². The van der Waals surface area contributed by atoms with Crippen LogP contribution in [0.3, 0.4) is 0 Å². The second-order valence-electron chi connectivity index (χ2n) is 6.23. The topological polar surface area (TPSA) is 110 Å². The van der Waals surface area contributed by atoms with E-state index in [0.717, 1.165) is 0 Å². The first-order valence-electron chi connectivity index (χ1n) is 7.04. The molecule has 2 amide bonds. The number of amides is 2. The molecule has 0 unspecified atom stereocenters. The Labute approximate surface area is 138 Å². The van der Waals surface area contributed by atoms with Crippen molar-refractivity contribution in [3.63, 3.8) is 0 Å². The number of carbonyl (C=O) groups is 3. The number of carbonyl (C=O) groups excluding carboxylic acids is 2. The van der Waals surface area contributed by atoms with Crippen LogP contribution in [0.15, 0.2) is 0 Å². The fourth-order valence-corrected chi connectivity index (χ4v) is 1.82. The monoisotopic (exact) mass is 358 g/mol. The molecule has 1 aliphatic heterocycles. The molecule has 0 spiro atoms. The van der Waals surface area contributed by atoms with Crippen molar-refractivity contribution in [2.75, 3.05) is 20.2 Å². The Morgan fingerprint density at radius 1 is 1.33 bits per heavy atom. The van der Waals surface area contributed by atoms with Crippen molar-refractivity contribution in [1.29, 1.82) is 0 Å². The summed E-state index contributed by atoms with van der Waals surface area (Å²) in [7, 11) is 1.22. The zero-order valence-corrected chi connectivity index (χ0v) is 14.2. The standard InChI is InChI=1S/C11H18F3NO.C2H5NO2.CH2O2/c1-10(2,3)6-9(16)15-5-4-8(7-15)11(12,13)14;1-5-2(3)4;2-1-3/h8H,4-7H2,1-3H3;1H3,(H2,3,4);1H,(H,2,3)/t8-;;/m1../s1. The summed E-state index contributed by atoms with van der Waals surface area (Å²) >= 11 is 0. The minimum Gasteiger partial charge on any atom is -0.483 e. The van der Waals surface area contributed by atoms with Gasteiger partial charge in [-0.15, -0.1) is 0 Å². The molecular weight excluding hydrogens is 333 g/mol. The van der Waals surface area contributed by atoms with Crippen LogP contribution in [0.2, 0.25) is 0 Å². The Morgan fingerprint density at radius 2 is 1.75 bits per heavy atom. The highest BCUT2D eigenvalue weighted by molar-refractivity contribution is 5.77. The summed E-state index contributed by atoms with van der Waals surface area (Å²) in [5.74, 6) is -1.50. The maximum Gasteiger partial charge on any atom is 0.404 e. The molecule has 10 heteroatoms. The van der Waals surface area contributed by atoms with Crippen LogP contribution in [0.4, 0.5) is 18.0 Å². The fraction of sp³-hybridized carbons (Fsp3) is 0.786. The number of hydrogen-bond acceptors (Lipinski definition) is 4. The van der Waals surface area contributed by atoms with E-state index >= 15 is 0 Å². The van der Waals surface area contributed by atoms with Crippen LogP contribution in [0.5, 0.6) is 0 Å². The second kappa shape index (κ2) is 10.7. The van der Waals surface area contributed by atoms with Gasteiger partial charge in [-0.2, -0.15) is 13.2 Å². The molecule has 1 aliphatic rings. The van der Waals surface area contributed by atoms with Gasteiger partial charge in [0.05, 0.1) is 13.0 Å². The molecule has 1 fully saturated rings. The Morgan fingerprint density at radius 3 is 2.00 bits per heavy atom. The van der Waals surface area contributed by atoms with Crippen LogP contribution in [-0.4, -0.2) is 54.9 Å². The molecule has 1 atom stereocenters. The van der Waals surface area contributed by atoms with E-state index in [1.54, 1.807) is 0 Å². The molecule has 0 aromatic carbocycles. The predicted molar refractivity (Wildman–Crippen MR) is 80.1 cm³/mol. The number of nitrogens with two attached hydrogens (primary N) is 1. The molecule has 0 aromatic heterocycles. The molecule has 24 heavy (non-hydrogen) atoms. The average molecular weight is 358 g/mol. The highest BCUT2D eigenvalue weighted by atomic mass is 19.4. The lowest BCUT2D eigenvalue weighted by Gasteiger charge is -2.23. The number of hydrogen-bond donors (Lipinski definition) is 2. The van der Waals surface area contributed by atoms with Crippen LogP contribution in [-0.2, 0) is 14.3 Å². The molecule has 0 saturated carbocycles. The third kappa shape index (κ3) is 12.5. The van der Waals surface area contributed by atoms with E-state index in [4.69, 9.17) is 9.90 Å². The first kappa shape index (κ1) is 24.3. The number of rotatable bonds is 1. The fourth-order valence-electron chi connectivity index (χ4n) is 1.82. The van der Waals surface area contributed by atoms with E-state index in [1.165, 1.54) is 12.0 Å². The quantitative estimate of drug-likeness (QED) is 0.699. The number of alkyl halides is 3. The number of halogens is 3. The van der Waals surface area contributed by atoms with Crippen LogP contribution in [0.1, 0.15) is 33.6 Å². The van der Waals surface area contributed by atoms with Crippen molar-refractivity contribution in [1.82, 2.24) is 4.90 Å². The summed E-state index contributed by atoms with van der Waals surface area (Å²) in [5, 5.41) is 6.89. The summed E-state index contributed by atoms with van der Waals surface area (Å²) < 4.78 is 41.1. The summed E-state index contributed by atoms with van der Waals surface area (Å²) in [6.07, 6.45) is -4.57. The lowest BCUT2D eigenvalue weighted by Crippen LogP contribution is -2.33. The Kier molecular flexibility index (Phi) is 10.8. The van der Waals surface area contributed by atoms with Crippen LogP contribution in [0, 0.1) is 11.3 Å². The first-order valence-corrected chi connectivity index (χ1v) is 7.04. The minimum absolute atomic E-state index is 0.0411. The lowest BCUT2D eigenvalue weighted by molar-refractivity contribution is -0.171. The maximum atomic E-state index is 12.4. The van der Waals surface area contributed by atoms with Crippen molar-refractivity contribution in [2.24, 2.45) is 17.1 Å². The molecule has 0 aliphatic carbocycles. The van der Waals surface area contributed by atoms with E-state index in [1.807, 2.05) is 20.8 Å². The van der Waals surface area contributed by atoms with Crippen molar-refractivity contribution in [3.05, 3.63) is 0 Å². The zero-order chi connectivity index (χ0) is 19.6. The summed E-state index contributed by atoms with van der Waals surface area (Å²) in [6.45, 7) is 5.53. The zero-order valence-electron chi connectivity index (χ0n) is 14.2. The minimum atomic E-state index is -4.17. The van der Waals surface area contributed by atoms with Gasteiger partial charge in [-0.25, -0.2) is 4.79 Å². The van der Waals surface area contributed by atoms with E-state index in [0.29, 0.717) is 6.42 Å². The SMILES string of the molecule is CC(C)(C)CC(=O)N1CC[C@@H](C(F)(F)F)C1.COC(N)=O.O=CO. The summed E-state index contributed by atoms with van der Waals surface area (Å²) in [4.78, 5) is 30.8. The molecule has 1 rings (SSSR count). The van der Waals surface area contributed by atoms with Crippen molar-refractivity contribution in [3.8, 4) is 0 Å². The van der Waals surface area contributed by atoms with Gasteiger partial charge in [0.1, 0.15) is 0 Å². The van der Waals surface area contributed by atoms with Crippen LogP contribution in [0.25, 0.3) is 0 Å². The highest BCUT2D eigenvalue weighted by Crippen LogP contribution is 2.34. The van der Waals surface area contributed by atoms with Gasteiger partial charge in [-0.1, -0.05) is 20.8 Å². The number of primary amides is 1. The van der Waals surface area contributed by atoms with E-state index in [9.17, 15) is 22.8 Å². The van der Waals surface area contributed by atoms with Gasteiger partial charge < -0.3 is 20.5 Å². The largest absolute Gasteiger partial charge is 0.483 e. The van der Waals surface area contributed by atoms with Gasteiger partial charge in [0, 0.05) is 19.5 Å². The van der Waals surface area contributed by atoms with Crippen molar-refractivity contribution < 1.29 is 37.4 Å². The third-order valence-electron chi connectivity index (χ3n) is 2.89. The molecule has 0 bridgehead atoms. The van der Waals surface area contributed by atoms with Gasteiger partial charge in [0.15, 0.2) is 0 Å². The number of carboxylic acid groups (broad SMARTS) is 1. The lowest BCUT2D eigenvalue weighted by atomic mass is 9.92. The summed E-state index contributed by atoms with van der Waals surface area (Å²) in [5.41, 5.74) is 4.26. The van der Waals surface area contributed by atoms with Gasteiger partial charge in [0.2, 0.25) is 5.91 Å². The molecule has 0 radical (unpaired) electrons. The number of likely N-dealkylation sites (tertiary alicyclic amines) is 1. The van der Waals surface area contributed by atoms with Crippen molar-refractivity contribution in [2.45, 2.75) is 39.8 Å². The molecule has 142 valence electrons. The van der Waals surface area contributed by atoms with Crippen LogP contribution >= 0.6 is 0 Å². The second-order valence-corrected chi connectivity index (χ2v) is 6.23. The highest BCUT2D eigenvalue weighted by Gasteiger charge is 2.44. The Balaban J connectivity index is 0. The third-order valence-corrected chi connectivity index (χ3v) is 2.89. The molecule has 1 saturated heterocycles. The van der Waals surface area contributed by atoms with E-state index in [-0.39, 0.29) is 37.3 Å². The predicted octanol–water partition coefficient (Wildman–Crippen LogP) is 2.25. The maximum absolute atomic E-state index is 12.4. The Bertz CT molecular complexity index is 408. The molecule has 0 aromatic rings. The van der Waals surface area contributed by atoms with Crippen LogP contribution < -0.4 is 5.73 Å². The molecule has 7 nitrogen and oxygen atoms in total. The first-order chi connectivity index (χ1) is 10.8. The molecular formula is C14H25F3N2O5. The number of methoxy groups -OCH3 is 1. The van der Waals surface area contributed by atoms with E-state index < -0.39 is 18.2 Å². The van der Waals surface area contributed by atoms with E-state index in [2.05, 4.69) is 10.5 Å². The average Bonchev–Trinajstić information content (AvgIpc) is 2.87. The number of nitrogens with zero attached hydrogens (tertiary/aromatic N) is 1. The van der Waals surface area contributed by atoms with Gasteiger partial charge in [-0.05, 0) is 11.8 Å².